The summed E-state index contributed by atoms with van der Waals surface area (Å²) in [5.41, 5.74) is 0.173. The van der Waals surface area contributed by atoms with Crippen molar-refractivity contribution in [2.75, 3.05) is 0 Å². The summed E-state index contributed by atoms with van der Waals surface area (Å²) in [7, 11) is 0. The molecule has 1 unspecified atom stereocenters. The molecular formula is C16H13N3O5S. The van der Waals surface area contributed by atoms with E-state index in [2.05, 4.69) is 9.97 Å². The van der Waals surface area contributed by atoms with Crippen LogP contribution in [0.3, 0.4) is 0 Å². The number of rotatable bonds is 4. The largest absolute Gasteiger partial charge is 0.480 e. The Hall–Kier alpha value is -3.07. The van der Waals surface area contributed by atoms with Crippen molar-refractivity contribution in [3.05, 3.63) is 45.3 Å². The zero-order valence-corrected chi connectivity index (χ0v) is 14.1. The van der Waals surface area contributed by atoms with Gasteiger partial charge in [-0.25, -0.2) is 14.6 Å². The minimum absolute atomic E-state index is 0.0115. The van der Waals surface area contributed by atoms with E-state index in [4.69, 9.17) is 0 Å². The zero-order valence-electron chi connectivity index (χ0n) is 13.3. The first-order valence-electron chi connectivity index (χ1n) is 7.25. The molecule has 0 saturated carbocycles. The molecule has 0 aliphatic carbocycles. The standard InChI is InChI=1S/C16H13N3O5S/c1-7-10-13(25-11(7)16(23)24)18-12(9-4-3-5-17-6-9)19(14(10)20)8(2)15(21)22/h3-6,8H,1-2H3,(H,21,22)(H,23,24). The molecule has 9 heteroatoms. The summed E-state index contributed by atoms with van der Waals surface area (Å²) >= 11 is 0.892. The molecule has 8 nitrogen and oxygen atoms in total. The molecule has 0 spiro atoms. The Bertz CT molecular complexity index is 1060. The summed E-state index contributed by atoms with van der Waals surface area (Å²) in [4.78, 5) is 44.4. The van der Waals surface area contributed by atoms with Gasteiger partial charge in [-0.15, -0.1) is 11.3 Å². The predicted octanol–water partition coefficient (Wildman–Crippen LogP) is 2.17. The lowest BCUT2D eigenvalue weighted by atomic mass is 10.2. The number of fused-ring (bicyclic) bond motifs is 1. The number of aromatic nitrogens is 3. The number of carbonyl (C=O) groups is 2. The lowest BCUT2D eigenvalue weighted by Gasteiger charge is -2.16. The number of pyridine rings is 1. The van der Waals surface area contributed by atoms with Crippen LogP contribution in [0.4, 0.5) is 0 Å². The third kappa shape index (κ3) is 2.68. The molecule has 3 aromatic rings. The van der Waals surface area contributed by atoms with Gasteiger partial charge in [-0.05, 0) is 31.5 Å². The van der Waals surface area contributed by atoms with Crippen molar-refractivity contribution >= 4 is 33.5 Å². The third-order valence-electron chi connectivity index (χ3n) is 3.86. The first kappa shape index (κ1) is 16.8. The van der Waals surface area contributed by atoms with Crippen molar-refractivity contribution in [1.29, 1.82) is 0 Å². The summed E-state index contributed by atoms with van der Waals surface area (Å²) in [6.45, 7) is 2.89. The number of nitrogens with zero attached hydrogens (tertiary/aromatic N) is 3. The number of carboxylic acid groups (broad SMARTS) is 2. The molecule has 25 heavy (non-hydrogen) atoms. The van der Waals surface area contributed by atoms with E-state index in [-0.39, 0.29) is 26.5 Å². The molecule has 0 amide bonds. The third-order valence-corrected chi connectivity index (χ3v) is 5.03. The van der Waals surface area contributed by atoms with Crippen LogP contribution in [-0.4, -0.2) is 36.7 Å². The molecule has 2 N–H and O–H groups in total. The Balaban J connectivity index is 2.45. The Morgan fingerprint density at radius 3 is 2.60 bits per heavy atom. The van der Waals surface area contributed by atoms with Gasteiger partial charge in [-0.2, -0.15) is 0 Å². The van der Waals surface area contributed by atoms with Crippen molar-refractivity contribution in [1.82, 2.24) is 14.5 Å². The average Bonchev–Trinajstić information content (AvgIpc) is 2.92. The predicted molar refractivity (Wildman–Crippen MR) is 91.2 cm³/mol. The van der Waals surface area contributed by atoms with Crippen LogP contribution >= 0.6 is 11.3 Å². The SMILES string of the molecule is Cc1c(C(=O)O)sc2nc(-c3cccnc3)n(C(C)C(=O)O)c(=O)c12. The molecule has 0 aliphatic heterocycles. The Labute approximate surface area is 145 Å². The maximum atomic E-state index is 13.0. The number of aryl methyl sites for hydroxylation is 1. The van der Waals surface area contributed by atoms with Crippen molar-refractivity contribution in [3.63, 3.8) is 0 Å². The number of carboxylic acids is 2. The number of aliphatic carboxylic acids is 1. The van der Waals surface area contributed by atoms with E-state index in [1.807, 2.05) is 0 Å². The zero-order chi connectivity index (χ0) is 18.3. The van der Waals surface area contributed by atoms with Crippen molar-refractivity contribution < 1.29 is 19.8 Å². The van der Waals surface area contributed by atoms with E-state index in [1.54, 1.807) is 18.3 Å². The van der Waals surface area contributed by atoms with Crippen molar-refractivity contribution in [2.24, 2.45) is 0 Å². The fraction of sp³-hybridized carbons (Fsp3) is 0.188. The van der Waals surface area contributed by atoms with E-state index >= 15 is 0 Å². The molecule has 0 saturated heterocycles. The maximum absolute atomic E-state index is 13.0. The molecule has 3 heterocycles. The summed E-state index contributed by atoms with van der Waals surface area (Å²) in [6.07, 6.45) is 3.01. The molecule has 0 aliphatic rings. The lowest BCUT2D eigenvalue weighted by Crippen LogP contribution is -2.30. The summed E-state index contributed by atoms with van der Waals surface area (Å²) < 4.78 is 1.06. The van der Waals surface area contributed by atoms with Gasteiger partial charge in [0.15, 0.2) is 0 Å². The molecule has 0 fully saturated rings. The van der Waals surface area contributed by atoms with Crippen LogP contribution in [0.2, 0.25) is 0 Å². The van der Waals surface area contributed by atoms with Crippen molar-refractivity contribution in [2.45, 2.75) is 19.9 Å². The highest BCUT2D eigenvalue weighted by Gasteiger charge is 2.26. The van der Waals surface area contributed by atoms with Gasteiger partial charge in [-0.1, -0.05) is 0 Å². The molecule has 3 rings (SSSR count). The Kier molecular flexibility index (Phi) is 4.09. The van der Waals surface area contributed by atoms with Crippen LogP contribution in [0.15, 0.2) is 29.3 Å². The second-order valence-corrected chi connectivity index (χ2v) is 6.41. The topological polar surface area (TPSA) is 122 Å². The van der Waals surface area contributed by atoms with E-state index in [0.29, 0.717) is 5.56 Å². The normalized spacial score (nSPS) is 12.2. The second kappa shape index (κ2) is 6.10. The monoisotopic (exact) mass is 359 g/mol. The van der Waals surface area contributed by atoms with Gasteiger partial charge in [0.1, 0.15) is 21.6 Å². The first-order valence-corrected chi connectivity index (χ1v) is 8.06. The summed E-state index contributed by atoms with van der Waals surface area (Å²) in [6, 6.07) is 2.13. The summed E-state index contributed by atoms with van der Waals surface area (Å²) in [5.74, 6) is -2.21. The van der Waals surface area contributed by atoms with E-state index in [1.165, 1.54) is 20.0 Å². The minimum atomic E-state index is -1.19. The summed E-state index contributed by atoms with van der Waals surface area (Å²) in [5, 5.41) is 18.8. The van der Waals surface area contributed by atoms with Gasteiger partial charge in [0, 0.05) is 18.0 Å². The van der Waals surface area contributed by atoms with Crippen LogP contribution in [0.25, 0.3) is 21.6 Å². The fourth-order valence-corrected chi connectivity index (χ4v) is 3.58. The highest BCUT2D eigenvalue weighted by Crippen LogP contribution is 2.30. The second-order valence-electron chi connectivity index (χ2n) is 5.41. The highest BCUT2D eigenvalue weighted by molar-refractivity contribution is 7.20. The maximum Gasteiger partial charge on any atom is 0.346 e. The molecule has 0 bridgehead atoms. The number of thiophene rings is 1. The first-order chi connectivity index (χ1) is 11.8. The Morgan fingerprint density at radius 2 is 2.04 bits per heavy atom. The molecule has 3 aromatic heterocycles. The lowest BCUT2D eigenvalue weighted by molar-refractivity contribution is -0.140. The molecule has 1 atom stereocenters. The fourth-order valence-electron chi connectivity index (χ4n) is 2.57. The Morgan fingerprint density at radius 1 is 1.32 bits per heavy atom. The van der Waals surface area contributed by atoms with Gasteiger partial charge < -0.3 is 10.2 Å². The number of hydrogen-bond donors (Lipinski definition) is 2. The van der Waals surface area contributed by atoms with Crippen LogP contribution in [0.1, 0.15) is 28.2 Å². The van der Waals surface area contributed by atoms with Crippen LogP contribution < -0.4 is 5.56 Å². The van der Waals surface area contributed by atoms with Gasteiger partial charge in [-0.3, -0.25) is 14.3 Å². The van der Waals surface area contributed by atoms with Gasteiger partial charge >= 0.3 is 11.9 Å². The highest BCUT2D eigenvalue weighted by atomic mass is 32.1. The van der Waals surface area contributed by atoms with Crippen LogP contribution in [0, 0.1) is 6.92 Å². The number of aromatic carboxylic acids is 1. The van der Waals surface area contributed by atoms with Gasteiger partial charge in [0.05, 0.1) is 5.39 Å². The molecule has 0 radical (unpaired) electrons. The van der Waals surface area contributed by atoms with Gasteiger partial charge in [0.2, 0.25) is 0 Å². The van der Waals surface area contributed by atoms with Crippen LogP contribution in [0.5, 0.6) is 0 Å². The number of hydrogen-bond acceptors (Lipinski definition) is 6. The van der Waals surface area contributed by atoms with Crippen LogP contribution in [-0.2, 0) is 4.79 Å². The molecular weight excluding hydrogens is 346 g/mol. The van der Waals surface area contributed by atoms with Gasteiger partial charge in [0.25, 0.3) is 5.56 Å². The van der Waals surface area contributed by atoms with E-state index < -0.39 is 23.5 Å². The quantitative estimate of drug-likeness (QED) is 0.732. The average molecular weight is 359 g/mol. The van der Waals surface area contributed by atoms with E-state index in [0.717, 1.165) is 15.9 Å². The smallest absolute Gasteiger partial charge is 0.346 e. The van der Waals surface area contributed by atoms with Crippen molar-refractivity contribution in [3.8, 4) is 11.4 Å². The minimum Gasteiger partial charge on any atom is -0.480 e. The molecule has 0 aromatic carbocycles. The van der Waals surface area contributed by atoms with E-state index in [9.17, 15) is 24.6 Å². The molecule has 128 valence electrons.